The lowest BCUT2D eigenvalue weighted by molar-refractivity contribution is 0.847. The summed E-state index contributed by atoms with van der Waals surface area (Å²) in [6, 6.07) is 5.38. The summed E-state index contributed by atoms with van der Waals surface area (Å²) < 4.78 is 0. The molecule has 0 radical (unpaired) electrons. The minimum absolute atomic E-state index is 0.0796. The van der Waals surface area contributed by atoms with Gasteiger partial charge in [0.2, 0.25) is 0 Å². The molecule has 2 heterocycles. The van der Waals surface area contributed by atoms with Crippen LogP contribution in [0.3, 0.4) is 0 Å². The van der Waals surface area contributed by atoms with E-state index < -0.39 is 0 Å². The molecular weight excluding hydrogens is 234 g/mol. The molecule has 0 saturated carbocycles. The summed E-state index contributed by atoms with van der Waals surface area (Å²) in [6.07, 6.45) is 1.85. The van der Waals surface area contributed by atoms with Crippen LogP contribution in [0.2, 0.25) is 0 Å². The molecule has 1 N–H and O–H groups in total. The zero-order valence-corrected chi connectivity index (χ0v) is 10.3. The van der Waals surface area contributed by atoms with Crippen molar-refractivity contribution in [2.75, 3.05) is 5.32 Å². The number of anilines is 1. The minimum Gasteiger partial charge on any atom is -0.360 e. The number of aryl methyl sites for hydroxylation is 1. The maximum atomic E-state index is 8.61. The lowest BCUT2D eigenvalue weighted by Gasteiger charge is -2.10. The highest BCUT2D eigenvalue weighted by atomic mass is 32.1. The van der Waals surface area contributed by atoms with Gasteiger partial charge < -0.3 is 5.32 Å². The van der Waals surface area contributed by atoms with Gasteiger partial charge in [-0.3, -0.25) is 0 Å². The second-order valence-electron chi connectivity index (χ2n) is 3.59. The molecule has 2 aromatic heterocycles. The summed E-state index contributed by atoms with van der Waals surface area (Å²) >= 11 is 1.65. The fourth-order valence-electron chi connectivity index (χ4n) is 1.32. The Morgan fingerprint density at radius 1 is 1.41 bits per heavy atom. The van der Waals surface area contributed by atoms with Crippen molar-refractivity contribution in [3.63, 3.8) is 0 Å². The van der Waals surface area contributed by atoms with Gasteiger partial charge in [0.15, 0.2) is 5.69 Å². The fourth-order valence-corrected chi connectivity index (χ4v) is 2.10. The van der Waals surface area contributed by atoms with Crippen LogP contribution in [0.4, 0.5) is 5.82 Å². The largest absolute Gasteiger partial charge is 0.360 e. The highest BCUT2D eigenvalue weighted by Gasteiger charge is 2.09. The number of nitriles is 1. The Balaban J connectivity index is 2.08. The molecule has 1 unspecified atom stereocenters. The molecule has 0 aliphatic carbocycles. The molecular formula is C11H11N5S. The Kier molecular flexibility index (Phi) is 3.30. The molecule has 0 saturated heterocycles. The van der Waals surface area contributed by atoms with Crippen LogP contribution in [0.15, 0.2) is 18.3 Å². The van der Waals surface area contributed by atoms with Gasteiger partial charge in [-0.2, -0.15) is 5.26 Å². The zero-order chi connectivity index (χ0) is 12.3. The summed E-state index contributed by atoms with van der Waals surface area (Å²) in [4.78, 5) is 5.48. The van der Waals surface area contributed by atoms with Crippen LogP contribution in [-0.2, 0) is 0 Å². The molecule has 6 heteroatoms. The summed E-state index contributed by atoms with van der Waals surface area (Å²) in [5.74, 6) is 0.643. The highest BCUT2D eigenvalue weighted by Crippen LogP contribution is 2.21. The number of aromatic nitrogens is 3. The number of nitrogens with one attached hydrogen (secondary N) is 1. The van der Waals surface area contributed by atoms with Gasteiger partial charge in [0.25, 0.3) is 0 Å². The van der Waals surface area contributed by atoms with Crippen LogP contribution < -0.4 is 5.32 Å². The molecule has 0 aromatic carbocycles. The summed E-state index contributed by atoms with van der Waals surface area (Å²) in [6.45, 7) is 4.04. The van der Waals surface area contributed by atoms with E-state index in [1.54, 1.807) is 23.5 Å². The van der Waals surface area contributed by atoms with Crippen LogP contribution in [0.25, 0.3) is 0 Å². The molecule has 2 aromatic rings. The molecule has 0 bridgehead atoms. The predicted octanol–water partition coefficient (Wildman–Crippen LogP) is 2.29. The molecule has 0 amide bonds. The number of rotatable bonds is 3. The highest BCUT2D eigenvalue weighted by molar-refractivity contribution is 7.11. The number of hydrogen-bond donors (Lipinski definition) is 1. The molecule has 5 nitrogen and oxygen atoms in total. The van der Waals surface area contributed by atoms with Crippen LogP contribution in [0, 0.1) is 18.3 Å². The van der Waals surface area contributed by atoms with Crippen LogP contribution in [-0.4, -0.2) is 15.2 Å². The average molecular weight is 245 g/mol. The molecule has 2 rings (SSSR count). The Bertz CT molecular complexity index is 540. The molecule has 17 heavy (non-hydrogen) atoms. The fraction of sp³-hybridized carbons (Fsp3) is 0.273. The van der Waals surface area contributed by atoms with E-state index >= 15 is 0 Å². The SMILES string of the molecule is Cc1cnc(C(C)Nc2ccc(C#N)nn2)s1. The standard InChI is InChI=1S/C11H11N5S/c1-7-6-13-11(17-7)8(2)14-10-4-3-9(5-12)15-16-10/h3-4,6,8H,1-2H3,(H,14,16). The lowest BCUT2D eigenvalue weighted by Crippen LogP contribution is -2.08. The first kappa shape index (κ1) is 11.5. The van der Waals surface area contributed by atoms with Gasteiger partial charge in [-0.15, -0.1) is 21.5 Å². The monoisotopic (exact) mass is 245 g/mol. The van der Waals surface area contributed by atoms with Crippen molar-refractivity contribution in [3.8, 4) is 6.07 Å². The predicted molar refractivity (Wildman–Crippen MR) is 65.6 cm³/mol. The van der Waals surface area contributed by atoms with E-state index in [0.29, 0.717) is 11.5 Å². The third kappa shape index (κ3) is 2.77. The Morgan fingerprint density at radius 2 is 2.24 bits per heavy atom. The van der Waals surface area contributed by atoms with Crippen molar-refractivity contribution in [1.82, 2.24) is 15.2 Å². The second-order valence-corrected chi connectivity index (χ2v) is 4.86. The van der Waals surface area contributed by atoms with Gasteiger partial charge in [-0.1, -0.05) is 0 Å². The van der Waals surface area contributed by atoms with Crippen LogP contribution in [0.5, 0.6) is 0 Å². The molecule has 86 valence electrons. The topological polar surface area (TPSA) is 74.5 Å². The first-order chi connectivity index (χ1) is 8.19. The van der Waals surface area contributed by atoms with E-state index in [0.717, 1.165) is 5.01 Å². The quantitative estimate of drug-likeness (QED) is 0.898. The number of thiazole rings is 1. The van der Waals surface area contributed by atoms with Crippen LogP contribution in [0.1, 0.15) is 28.5 Å². The molecule has 0 aliphatic heterocycles. The van der Waals surface area contributed by atoms with Crippen molar-refractivity contribution < 1.29 is 0 Å². The molecule has 0 aliphatic rings. The minimum atomic E-state index is 0.0796. The van der Waals surface area contributed by atoms with E-state index in [1.165, 1.54) is 4.88 Å². The van der Waals surface area contributed by atoms with E-state index in [9.17, 15) is 0 Å². The van der Waals surface area contributed by atoms with Crippen LogP contribution >= 0.6 is 11.3 Å². The van der Waals surface area contributed by atoms with E-state index in [4.69, 9.17) is 5.26 Å². The smallest absolute Gasteiger partial charge is 0.163 e. The van der Waals surface area contributed by atoms with Gasteiger partial charge in [0, 0.05) is 11.1 Å². The van der Waals surface area contributed by atoms with Crippen molar-refractivity contribution in [2.24, 2.45) is 0 Å². The Labute approximate surface area is 103 Å². The first-order valence-corrected chi connectivity index (χ1v) is 5.93. The number of hydrogen-bond acceptors (Lipinski definition) is 6. The third-order valence-corrected chi connectivity index (χ3v) is 3.25. The van der Waals surface area contributed by atoms with Gasteiger partial charge in [-0.05, 0) is 26.0 Å². The maximum Gasteiger partial charge on any atom is 0.163 e. The molecule has 1 atom stereocenters. The van der Waals surface area contributed by atoms with Crippen molar-refractivity contribution in [2.45, 2.75) is 19.9 Å². The summed E-state index contributed by atoms with van der Waals surface area (Å²) in [7, 11) is 0. The third-order valence-electron chi connectivity index (χ3n) is 2.15. The second kappa shape index (κ2) is 4.89. The Morgan fingerprint density at radius 3 is 2.76 bits per heavy atom. The summed E-state index contributed by atoms with van der Waals surface area (Å²) in [5.41, 5.74) is 0.313. The van der Waals surface area contributed by atoms with Gasteiger partial charge in [0.05, 0.1) is 6.04 Å². The molecule has 0 fully saturated rings. The normalized spacial score (nSPS) is 11.8. The van der Waals surface area contributed by atoms with Gasteiger partial charge >= 0.3 is 0 Å². The lowest BCUT2D eigenvalue weighted by atomic mass is 10.3. The van der Waals surface area contributed by atoms with E-state index in [1.807, 2.05) is 26.1 Å². The van der Waals surface area contributed by atoms with Crippen molar-refractivity contribution >= 4 is 17.2 Å². The zero-order valence-electron chi connectivity index (χ0n) is 9.51. The van der Waals surface area contributed by atoms with E-state index in [2.05, 4.69) is 20.5 Å². The number of nitrogens with zero attached hydrogens (tertiary/aromatic N) is 4. The van der Waals surface area contributed by atoms with Gasteiger partial charge in [-0.25, -0.2) is 4.98 Å². The van der Waals surface area contributed by atoms with Gasteiger partial charge in [0.1, 0.15) is 16.9 Å². The summed E-state index contributed by atoms with van der Waals surface area (Å²) in [5, 5.41) is 20.5. The maximum absolute atomic E-state index is 8.61. The Hall–Kier alpha value is -2.00. The molecule has 0 spiro atoms. The first-order valence-electron chi connectivity index (χ1n) is 5.11. The average Bonchev–Trinajstić information content (AvgIpc) is 2.77. The van der Waals surface area contributed by atoms with Crippen molar-refractivity contribution in [3.05, 3.63) is 33.9 Å². The van der Waals surface area contributed by atoms with E-state index in [-0.39, 0.29) is 6.04 Å². The van der Waals surface area contributed by atoms with Crippen molar-refractivity contribution in [1.29, 1.82) is 5.26 Å².